The summed E-state index contributed by atoms with van der Waals surface area (Å²) in [6.45, 7) is 12.7. The molecule has 0 bridgehead atoms. The van der Waals surface area contributed by atoms with Gasteiger partial charge in [0, 0.05) is 0 Å². The van der Waals surface area contributed by atoms with Gasteiger partial charge in [-0.3, -0.25) is 9.59 Å². The number of nitrogens with two attached hydrogens (primary N) is 1. The minimum Gasteiger partial charge on any atom is -0.444 e. The van der Waals surface area contributed by atoms with Crippen molar-refractivity contribution in [3.05, 3.63) is 0 Å². The summed E-state index contributed by atoms with van der Waals surface area (Å²) in [4.78, 5) is 35.7. The topological polar surface area (TPSA) is 111 Å². The Morgan fingerprint density at radius 3 is 1.91 bits per heavy atom. The average molecular weight is 329 g/mol. The molecule has 0 aliphatic rings. The van der Waals surface area contributed by atoms with E-state index in [9.17, 15) is 14.4 Å². The second kappa shape index (κ2) is 8.74. The zero-order valence-corrected chi connectivity index (χ0v) is 15.2. The molecule has 4 N–H and O–H groups in total. The molecule has 0 spiro atoms. The summed E-state index contributed by atoms with van der Waals surface area (Å²) in [5, 5.41) is 5.16. The number of nitrogens with one attached hydrogen (secondary N) is 2. The molecule has 23 heavy (non-hydrogen) atoms. The Balaban J connectivity index is 4.91. The zero-order valence-electron chi connectivity index (χ0n) is 15.2. The van der Waals surface area contributed by atoms with Gasteiger partial charge in [-0.1, -0.05) is 27.7 Å². The van der Waals surface area contributed by atoms with Crippen LogP contribution in [0, 0.1) is 11.8 Å². The van der Waals surface area contributed by atoms with E-state index in [1.54, 1.807) is 34.6 Å². The third kappa shape index (κ3) is 9.05. The minimum absolute atomic E-state index is 0.171. The molecule has 7 nitrogen and oxygen atoms in total. The van der Waals surface area contributed by atoms with Gasteiger partial charge < -0.3 is 21.1 Å². The third-order valence-corrected chi connectivity index (χ3v) is 2.99. The fraction of sp³-hybridized carbons (Fsp3) is 0.812. The van der Waals surface area contributed by atoms with Gasteiger partial charge in [0.1, 0.15) is 17.7 Å². The quantitative estimate of drug-likeness (QED) is 0.658. The van der Waals surface area contributed by atoms with Crippen molar-refractivity contribution in [3.63, 3.8) is 0 Å². The molecule has 0 aromatic carbocycles. The molecule has 0 aliphatic heterocycles. The molecule has 134 valence electrons. The normalized spacial score (nSPS) is 14.3. The number of ether oxygens (including phenoxy) is 1. The average Bonchev–Trinajstić information content (AvgIpc) is 2.31. The summed E-state index contributed by atoms with van der Waals surface area (Å²) in [5.41, 5.74) is 4.67. The lowest BCUT2D eigenvalue weighted by Gasteiger charge is -2.27. The monoisotopic (exact) mass is 329 g/mol. The van der Waals surface area contributed by atoms with Crippen LogP contribution >= 0.6 is 0 Å². The lowest BCUT2D eigenvalue weighted by Crippen LogP contribution is -2.55. The summed E-state index contributed by atoms with van der Waals surface area (Å²) in [6.07, 6.45) is -0.232. The first-order chi connectivity index (χ1) is 10.3. The maximum Gasteiger partial charge on any atom is 0.408 e. The lowest BCUT2D eigenvalue weighted by molar-refractivity contribution is -0.129. The van der Waals surface area contributed by atoms with Crippen LogP contribution in [0.3, 0.4) is 0 Å². The minimum atomic E-state index is -0.807. The van der Waals surface area contributed by atoms with Crippen molar-refractivity contribution in [1.29, 1.82) is 0 Å². The number of rotatable bonds is 7. The van der Waals surface area contributed by atoms with Gasteiger partial charge >= 0.3 is 6.09 Å². The van der Waals surface area contributed by atoms with Crippen LogP contribution < -0.4 is 16.4 Å². The van der Waals surface area contributed by atoms with Crippen LogP contribution in [0.1, 0.15) is 54.9 Å². The summed E-state index contributed by atoms with van der Waals surface area (Å²) in [7, 11) is 0. The van der Waals surface area contributed by atoms with Crippen LogP contribution in [-0.2, 0) is 14.3 Å². The van der Waals surface area contributed by atoms with E-state index >= 15 is 0 Å². The van der Waals surface area contributed by atoms with Crippen molar-refractivity contribution in [3.8, 4) is 0 Å². The van der Waals surface area contributed by atoms with Crippen LogP contribution in [0.25, 0.3) is 0 Å². The molecule has 0 heterocycles. The molecule has 2 atom stereocenters. The van der Waals surface area contributed by atoms with Gasteiger partial charge in [-0.2, -0.15) is 0 Å². The zero-order chi connectivity index (χ0) is 18.4. The van der Waals surface area contributed by atoms with E-state index in [0.717, 1.165) is 0 Å². The Hall–Kier alpha value is -1.79. The highest BCUT2D eigenvalue weighted by Crippen LogP contribution is 2.10. The highest BCUT2D eigenvalue weighted by atomic mass is 16.6. The predicted octanol–water partition coefficient (Wildman–Crippen LogP) is 1.55. The molecule has 0 rings (SSSR count). The fourth-order valence-electron chi connectivity index (χ4n) is 1.95. The number of amides is 3. The Morgan fingerprint density at radius 2 is 1.57 bits per heavy atom. The van der Waals surface area contributed by atoms with E-state index in [0.29, 0.717) is 6.42 Å². The molecular weight excluding hydrogens is 298 g/mol. The van der Waals surface area contributed by atoms with E-state index in [1.165, 1.54) is 0 Å². The van der Waals surface area contributed by atoms with Crippen LogP contribution in [0.5, 0.6) is 0 Å². The molecule has 3 amide bonds. The Labute approximate surface area is 138 Å². The fourth-order valence-corrected chi connectivity index (χ4v) is 1.95. The second-order valence-electron chi connectivity index (χ2n) is 7.46. The molecule has 0 radical (unpaired) electrons. The van der Waals surface area contributed by atoms with Gasteiger partial charge in [0.2, 0.25) is 11.8 Å². The molecule has 0 fully saturated rings. The van der Waals surface area contributed by atoms with Crippen molar-refractivity contribution in [2.24, 2.45) is 17.6 Å². The standard InChI is InChI=1S/C16H31N3O4/c1-9(2)8-11(13(17)20)18-14(21)12(10(3)4)19-15(22)23-16(5,6)7/h9-12H,8H2,1-7H3,(H2,17,20)(H,18,21)(H,19,22)/t11-,12-/m1/s1. The van der Waals surface area contributed by atoms with E-state index in [1.807, 2.05) is 13.8 Å². The van der Waals surface area contributed by atoms with Crippen LogP contribution in [0.15, 0.2) is 0 Å². The highest BCUT2D eigenvalue weighted by Gasteiger charge is 2.29. The lowest BCUT2D eigenvalue weighted by atomic mass is 10.0. The van der Waals surface area contributed by atoms with Gasteiger partial charge in [0.05, 0.1) is 0 Å². The van der Waals surface area contributed by atoms with E-state index in [4.69, 9.17) is 10.5 Å². The van der Waals surface area contributed by atoms with Crippen LogP contribution in [0.2, 0.25) is 0 Å². The van der Waals surface area contributed by atoms with Crippen molar-refractivity contribution >= 4 is 17.9 Å². The molecule has 0 aromatic rings. The Kier molecular flexibility index (Phi) is 8.06. The van der Waals surface area contributed by atoms with Crippen LogP contribution in [-0.4, -0.2) is 35.6 Å². The van der Waals surface area contributed by atoms with Gasteiger partial charge in [-0.05, 0) is 39.0 Å². The molecule has 0 aromatic heterocycles. The van der Waals surface area contributed by atoms with Gasteiger partial charge in [0.25, 0.3) is 0 Å². The summed E-state index contributed by atoms with van der Waals surface area (Å²) in [6, 6.07) is -1.57. The summed E-state index contributed by atoms with van der Waals surface area (Å²) < 4.78 is 5.16. The molecule has 0 saturated heterocycles. The van der Waals surface area contributed by atoms with Crippen LogP contribution in [0.4, 0.5) is 4.79 Å². The van der Waals surface area contributed by atoms with E-state index < -0.39 is 35.6 Å². The van der Waals surface area contributed by atoms with Gasteiger partial charge in [-0.15, -0.1) is 0 Å². The maximum atomic E-state index is 12.4. The summed E-state index contributed by atoms with van der Waals surface area (Å²) in [5.74, 6) is -1.01. The molecule has 0 aliphatic carbocycles. The number of hydrogen-bond acceptors (Lipinski definition) is 4. The first kappa shape index (κ1) is 21.2. The predicted molar refractivity (Wildman–Crippen MR) is 88.6 cm³/mol. The SMILES string of the molecule is CC(C)C[C@@H](NC(=O)[C@H](NC(=O)OC(C)(C)C)C(C)C)C(N)=O. The van der Waals surface area contributed by atoms with E-state index in [2.05, 4.69) is 10.6 Å². The third-order valence-electron chi connectivity index (χ3n) is 2.99. The van der Waals surface area contributed by atoms with Gasteiger partial charge in [-0.25, -0.2) is 4.79 Å². The smallest absolute Gasteiger partial charge is 0.408 e. The Bertz CT molecular complexity index is 428. The van der Waals surface area contributed by atoms with Crippen molar-refractivity contribution in [2.45, 2.75) is 72.6 Å². The number of alkyl carbamates (subject to hydrolysis) is 1. The number of carbonyl (C=O) groups excluding carboxylic acids is 3. The molecule has 0 saturated carbocycles. The Morgan fingerprint density at radius 1 is 1.04 bits per heavy atom. The second-order valence-corrected chi connectivity index (χ2v) is 7.46. The first-order valence-corrected chi connectivity index (χ1v) is 7.92. The first-order valence-electron chi connectivity index (χ1n) is 7.92. The number of primary amides is 1. The number of hydrogen-bond donors (Lipinski definition) is 3. The van der Waals surface area contributed by atoms with E-state index in [-0.39, 0.29) is 11.8 Å². The van der Waals surface area contributed by atoms with Crippen molar-refractivity contribution < 1.29 is 19.1 Å². The van der Waals surface area contributed by atoms with Crippen molar-refractivity contribution in [2.75, 3.05) is 0 Å². The molecule has 0 unspecified atom stereocenters. The highest BCUT2D eigenvalue weighted by molar-refractivity contribution is 5.90. The van der Waals surface area contributed by atoms with Crippen molar-refractivity contribution in [1.82, 2.24) is 10.6 Å². The van der Waals surface area contributed by atoms with Gasteiger partial charge in [0.15, 0.2) is 0 Å². The molecule has 7 heteroatoms. The summed E-state index contributed by atoms with van der Waals surface area (Å²) >= 11 is 0. The molecular formula is C16H31N3O4. The largest absolute Gasteiger partial charge is 0.444 e. The number of carbonyl (C=O) groups is 3. The maximum absolute atomic E-state index is 12.4.